The average Bonchev–Trinajstić information content (AvgIpc) is 2.96. The fraction of sp³-hybridized carbons (Fsp3) is 0.474. The molecule has 0 saturated carbocycles. The van der Waals surface area contributed by atoms with Crippen LogP contribution in [0.5, 0.6) is 0 Å². The van der Waals surface area contributed by atoms with E-state index in [-0.39, 0.29) is 11.1 Å². The summed E-state index contributed by atoms with van der Waals surface area (Å²) >= 11 is 6.35. The van der Waals surface area contributed by atoms with Gasteiger partial charge in [-0.05, 0) is 30.5 Å². The lowest BCUT2D eigenvalue weighted by Crippen LogP contribution is -2.42. The first-order chi connectivity index (χ1) is 13.1. The van der Waals surface area contributed by atoms with E-state index in [4.69, 9.17) is 11.6 Å². The van der Waals surface area contributed by atoms with Crippen molar-refractivity contribution in [3.8, 4) is 0 Å². The molecule has 0 saturated heterocycles. The lowest BCUT2D eigenvalue weighted by atomic mass is 9.99. The zero-order valence-electron chi connectivity index (χ0n) is 15.5. The number of imidazole rings is 1. The normalized spacial score (nSPS) is 17.1. The van der Waals surface area contributed by atoms with Gasteiger partial charge in [-0.15, -0.1) is 0 Å². The molecule has 2 heterocycles. The Balaban J connectivity index is 1.86. The van der Waals surface area contributed by atoms with Crippen LogP contribution in [-0.2, 0) is 19.1 Å². The minimum Gasteiger partial charge on any atom is -0.465 e. The molecule has 1 amide bonds. The molecule has 28 heavy (non-hydrogen) atoms. The van der Waals surface area contributed by atoms with Gasteiger partial charge in [-0.3, -0.25) is 4.90 Å². The van der Waals surface area contributed by atoms with Gasteiger partial charge in [0.2, 0.25) is 0 Å². The number of halogens is 4. The van der Waals surface area contributed by atoms with Gasteiger partial charge in [0.25, 0.3) is 0 Å². The molecule has 1 aliphatic heterocycles. The Kier molecular flexibility index (Phi) is 5.61. The van der Waals surface area contributed by atoms with Gasteiger partial charge in [0.15, 0.2) is 5.15 Å². The first-order valence-electron chi connectivity index (χ1n) is 9.01. The molecule has 1 aromatic heterocycles. The van der Waals surface area contributed by atoms with E-state index in [9.17, 15) is 23.1 Å². The molecule has 0 bridgehead atoms. The van der Waals surface area contributed by atoms with Gasteiger partial charge in [0, 0.05) is 19.0 Å². The topological polar surface area (TPSA) is 58.4 Å². The predicted molar refractivity (Wildman–Crippen MR) is 98.6 cm³/mol. The Labute approximate surface area is 165 Å². The van der Waals surface area contributed by atoms with Crippen LogP contribution < -0.4 is 0 Å². The quantitative estimate of drug-likeness (QED) is 0.732. The molecule has 1 aromatic carbocycles. The third kappa shape index (κ3) is 3.97. The van der Waals surface area contributed by atoms with E-state index in [1.54, 1.807) is 0 Å². The molecule has 9 heteroatoms. The van der Waals surface area contributed by atoms with Crippen LogP contribution >= 0.6 is 11.6 Å². The van der Waals surface area contributed by atoms with Crippen molar-refractivity contribution < 1.29 is 23.1 Å². The summed E-state index contributed by atoms with van der Waals surface area (Å²) in [5.41, 5.74) is 0.657. The van der Waals surface area contributed by atoms with E-state index in [2.05, 4.69) is 4.98 Å². The number of nitrogens with zero attached hydrogens (tertiary/aromatic N) is 3. The van der Waals surface area contributed by atoms with E-state index in [1.165, 1.54) is 17.0 Å². The zero-order chi connectivity index (χ0) is 20.6. The van der Waals surface area contributed by atoms with E-state index >= 15 is 0 Å². The highest BCUT2D eigenvalue weighted by Gasteiger charge is 2.35. The molecule has 0 aliphatic carbocycles. The van der Waals surface area contributed by atoms with Crippen molar-refractivity contribution in [2.24, 2.45) is 0 Å². The van der Waals surface area contributed by atoms with Crippen LogP contribution in [0.1, 0.15) is 54.9 Å². The minimum atomic E-state index is -4.38. The van der Waals surface area contributed by atoms with Crippen LogP contribution in [0.4, 0.5) is 18.0 Å². The molecule has 1 aliphatic rings. The number of aryl methyl sites for hydroxylation is 1. The molecule has 1 N–H and O–H groups in total. The number of carboxylic acid groups (broad SMARTS) is 1. The summed E-state index contributed by atoms with van der Waals surface area (Å²) in [5.74, 6) is 0.947. The number of carbonyl (C=O) groups is 1. The van der Waals surface area contributed by atoms with Gasteiger partial charge < -0.3 is 9.67 Å². The number of aromatic nitrogens is 2. The summed E-state index contributed by atoms with van der Waals surface area (Å²) in [7, 11) is 0. The number of rotatable bonds is 4. The molecule has 0 spiro atoms. The number of amides is 1. The highest BCUT2D eigenvalue weighted by molar-refractivity contribution is 6.30. The Morgan fingerprint density at radius 3 is 2.46 bits per heavy atom. The van der Waals surface area contributed by atoms with Crippen LogP contribution in [0.15, 0.2) is 24.3 Å². The molecule has 2 aromatic rings. The first kappa shape index (κ1) is 20.5. The maximum absolute atomic E-state index is 12.7. The van der Waals surface area contributed by atoms with Gasteiger partial charge >= 0.3 is 12.3 Å². The van der Waals surface area contributed by atoms with Crippen molar-refractivity contribution >= 4 is 17.7 Å². The van der Waals surface area contributed by atoms with Gasteiger partial charge in [-0.2, -0.15) is 13.2 Å². The van der Waals surface area contributed by atoms with Crippen molar-refractivity contribution in [1.82, 2.24) is 14.5 Å². The monoisotopic (exact) mass is 415 g/mol. The van der Waals surface area contributed by atoms with E-state index in [0.29, 0.717) is 37.2 Å². The third-order valence-electron chi connectivity index (χ3n) is 5.00. The Morgan fingerprint density at radius 2 is 1.93 bits per heavy atom. The van der Waals surface area contributed by atoms with Crippen molar-refractivity contribution in [3.63, 3.8) is 0 Å². The number of hydrogen-bond acceptors (Lipinski definition) is 2. The molecule has 1 unspecified atom stereocenters. The van der Waals surface area contributed by atoms with Gasteiger partial charge in [-0.1, -0.05) is 37.6 Å². The van der Waals surface area contributed by atoms with Gasteiger partial charge in [0.05, 0.1) is 17.3 Å². The SMILES string of the molecule is CC(C)c1nc(Cl)c2n1CCN(C(=O)O)C2CCc1ccc(C(F)(F)F)cc1. The maximum Gasteiger partial charge on any atom is 0.416 e. The van der Waals surface area contributed by atoms with E-state index < -0.39 is 23.9 Å². The average molecular weight is 416 g/mol. The smallest absolute Gasteiger partial charge is 0.416 e. The zero-order valence-corrected chi connectivity index (χ0v) is 16.3. The number of hydrogen-bond donors (Lipinski definition) is 1. The van der Waals surface area contributed by atoms with Crippen LogP contribution in [0.2, 0.25) is 5.15 Å². The Morgan fingerprint density at radius 1 is 1.29 bits per heavy atom. The van der Waals surface area contributed by atoms with Gasteiger partial charge in [0.1, 0.15) is 5.82 Å². The van der Waals surface area contributed by atoms with Crippen LogP contribution in [0.3, 0.4) is 0 Å². The third-order valence-corrected chi connectivity index (χ3v) is 5.28. The standard InChI is InChI=1S/C19H21ClF3N3O2/c1-11(2)17-24-16(20)15-14(25(18(27)28)9-10-26(15)17)8-5-12-3-6-13(7-4-12)19(21,22)23/h3-4,6-7,11,14H,5,8-10H2,1-2H3,(H,27,28). The fourth-order valence-electron chi connectivity index (χ4n) is 3.64. The summed E-state index contributed by atoms with van der Waals surface area (Å²) in [4.78, 5) is 17.5. The van der Waals surface area contributed by atoms with E-state index in [0.717, 1.165) is 18.0 Å². The molecular weight excluding hydrogens is 395 g/mol. The Hall–Kier alpha value is -2.22. The van der Waals surface area contributed by atoms with Crippen molar-refractivity contribution in [3.05, 3.63) is 52.1 Å². The number of alkyl halides is 3. The predicted octanol–water partition coefficient (Wildman–Crippen LogP) is 5.35. The van der Waals surface area contributed by atoms with E-state index in [1.807, 2.05) is 18.4 Å². The number of benzene rings is 1. The fourth-order valence-corrected chi connectivity index (χ4v) is 3.96. The minimum absolute atomic E-state index is 0.137. The molecule has 5 nitrogen and oxygen atoms in total. The first-order valence-corrected chi connectivity index (χ1v) is 9.39. The summed E-state index contributed by atoms with van der Waals surface area (Å²) < 4.78 is 40.1. The second-order valence-electron chi connectivity index (χ2n) is 7.18. The highest BCUT2D eigenvalue weighted by atomic mass is 35.5. The van der Waals surface area contributed by atoms with Crippen LogP contribution in [0.25, 0.3) is 0 Å². The molecule has 0 radical (unpaired) electrons. The lowest BCUT2D eigenvalue weighted by Gasteiger charge is -2.35. The van der Waals surface area contributed by atoms with Crippen molar-refractivity contribution in [1.29, 1.82) is 0 Å². The summed E-state index contributed by atoms with van der Waals surface area (Å²) in [6, 6.07) is 4.43. The molecular formula is C19H21ClF3N3O2. The van der Waals surface area contributed by atoms with Crippen molar-refractivity contribution in [2.45, 2.75) is 51.4 Å². The van der Waals surface area contributed by atoms with Crippen LogP contribution in [0, 0.1) is 0 Å². The second kappa shape index (κ2) is 7.66. The summed E-state index contributed by atoms with van der Waals surface area (Å²) in [6.45, 7) is 4.78. The molecule has 0 fully saturated rings. The largest absolute Gasteiger partial charge is 0.465 e. The second-order valence-corrected chi connectivity index (χ2v) is 7.54. The van der Waals surface area contributed by atoms with Gasteiger partial charge in [-0.25, -0.2) is 9.78 Å². The lowest BCUT2D eigenvalue weighted by molar-refractivity contribution is -0.137. The maximum atomic E-state index is 12.7. The number of fused-ring (bicyclic) bond motifs is 1. The summed E-state index contributed by atoms with van der Waals surface area (Å²) in [5, 5.41) is 9.88. The van der Waals surface area contributed by atoms with Crippen molar-refractivity contribution in [2.75, 3.05) is 6.54 Å². The highest BCUT2D eigenvalue weighted by Crippen LogP contribution is 2.37. The van der Waals surface area contributed by atoms with Crippen LogP contribution in [-0.4, -0.2) is 32.2 Å². The molecule has 152 valence electrons. The Bertz CT molecular complexity index is 863. The molecule has 3 rings (SSSR count). The summed E-state index contributed by atoms with van der Waals surface area (Å²) in [6.07, 6.45) is -4.60. The molecule has 1 atom stereocenters.